The SMILES string of the molecule is COc1cccc(CN(C(=O)COc2ccc(Cl)cc2Cl)[C@@H]2CCS(=O)(=O)C2)c1. The molecule has 9 heteroatoms. The fourth-order valence-electron chi connectivity index (χ4n) is 3.22. The summed E-state index contributed by atoms with van der Waals surface area (Å²) in [6, 6.07) is 11.6. The van der Waals surface area contributed by atoms with Crippen LogP contribution in [0.2, 0.25) is 10.0 Å². The van der Waals surface area contributed by atoms with Gasteiger partial charge in [-0.3, -0.25) is 4.79 Å². The van der Waals surface area contributed by atoms with E-state index in [1.54, 1.807) is 30.2 Å². The number of hydrogen-bond donors (Lipinski definition) is 0. The number of benzene rings is 2. The van der Waals surface area contributed by atoms with Crippen LogP contribution >= 0.6 is 23.2 Å². The molecule has 0 aliphatic carbocycles. The lowest BCUT2D eigenvalue weighted by Gasteiger charge is -2.28. The van der Waals surface area contributed by atoms with Crippen molar-refractivity contribution in [2.24, 2.45) is 0 Å². The van der Waals surface area contributed by atoms with Crippen LogP contribution in [0.5, 0.6) is 11.5 Å². The zero-order valence-electron chi connectivity index (χ0n) is 15.8. The van der Waals surface area contributed by atoms with Gasteiger partial charge in [0.2, 0.25) is 0 Å². The number of methoxy groups -OCH3 is 1. The first-order chi connectivity index (χ1) is 13.8. The van der Waals surface area contributed by atoms with E-state index in [0.717, 1.165) is 5.56 Å². The Morgan fingerprint density at radius 1 is 1.21 bits per heavy atom. The summed E-state index contributed by atoms with van der Waals surface area (Å²) in [7, 11) is -1.59. The minimum Gasteiger partial charge on any atom is -0.497 e. The van der Waals surface area contributed by atoms with Crippen molar-refractivity contribution in [1.82, 2.24) is 4.90 Å². The van der Waals surface area contributed by atoms with Gasteiger partial charge in [0.15, 0.2) is 16.4 Å². The summed E-state index contributed by atoms with van der Waals surface area (Å²) in [6.07, 6.45) is 0.403. The quantitative estimate of drug-likeness (QED) is 0.634. The Morgan fingerprint density at radius 2 is 2.00 bits per heavy atom. The van der Waals surface area contributed by atoms with Gasteiger partial charge in [-0.25, -0.2) is 8.42 Å². The maximum Gasteiger partial charge on any atom is 0.261 e. The maximum absolute atomic E-state index is 13.0. The Labute approximate surface area is 180 Å². The second-order valence-electron chi connectivity index (χ2n) is 6.79. The van der Waals surface area contributed by atoms with E-state index in [0.29, 0.717) is 28.0 Å². The Balaban J connectivity index is 1.77. The zero-order chi connectivity index (χ0) is 21.0. The molecule has 1 atom stereocenters. The lowest BCUT2D eigenvalue weighted by molar-refractivity contribution is -0.136. The lowest BCUT2D eigenvalue weighted by Crippen LogP contribution is -2.43. The highest BCUT2D eigenvalue weighted by atomic mass is 35.5. The van der Waals surface area contributed by atoms with Crippen LogP contribution in [-0.4, -0.2) is 50.5 Å². The summed E-state index contributed by atoms with van der Waals surface area (Å²) in [5.74, 6) is 0.706. The number of carbonyl (C=O) groups excluding carboxylic acids is 1. The highest BCUT2D eigenvalue weighted by Crippen LogP contribution is 2.28. The molecule has 0 N–H and O–H groups in total. The number of ether oxygens (including phenoxy) is 2. The molecule has 1 aliphatic rings. The summed E-state index contributed by atoms with van der Waals surface area (Å²) in [4.78, 5) is 14.5. The molecule has 1 amide bonds. The van der Waals surface area contributed by atoms with Crippen LogP contribution in [0.1, 0.15) is 12.0 Å². The van der Waals surface area contributed by atoms with Crippen molar-refractivity contribution in [3.8, 4) is 11.5 Å². The molecule has 3 rings (SSSR count). The molecule has 1 saturated heterocycles. The van der Waals surface area contributed by atoms with E-state index in [1.165, 1.54) is 6.07 Å². The third kappa shape index (κ3) is 5.78. The van der Waals surface area contributed by atoms with Crippen molar-refractivity contribution in [1.29, 1.82) is 0 Å². The summed E-state index contributed by atoms with van der Waals surface area (Å²) in [5, 5.41) is 0.762. The summed E-state index contributed by atoms with van der Waals surface area (Å²) >= 11 is 12.0. The van der Waals surface area contributed by atoms with Gasteiger partial charge in [-0.1, -0.05) is 35.3 Å². The van der Waals surface area contributed by atoms with Crippen LogP contribution in [0.25, 0.3) is 0 Å². The number of amides is 1. The summed E-state index contributed by atoms with van der Waals surface area (Å²) in [6.45, 7) is -0.00417. The molecule has 0 unspecified atom stereocenters. The molecule has 0 spiro atoms. The molecule has 6 nitrogen and oxygen atoms in total. The Morgan fingerprint density at radius 3 is 2.66 bits per heavy atom. The first-order valence-corrected chi connectivity index (χ1v) is 11.6. The summed E-state index contributed by atoms with van der Waals surface area (Å²) < 4.78 is 34.7. The van der Waals surface area contributed by atoms with E-state index in [-0.39, 0.29) is 30.6 Å². The highest BCUT2D eigenvalue weighted by Gasteiger charge is 2.35. The molecule has 0 saturated carbocycles. The largest absolute Gasteiger partial charge is 0.497 e. The second kappa shape index (κ2) is 9.24. The van der Waals surface area contributed by atoms with Crippen LogP contribution in [-0.2, 0) is 21.2 Å². The smallest absolute Gasteiger partial charge is 0.261 e. The first-order valence-electron chi connectivity index (χ1n) is 8.98. The van der Waals surface area contributed by atoms with Gasteiger partial charge in [0.25, 0.3) is 5.91 Å². The number of carbonyl (C=O) groups is 1. The van der Waals surface area contributed by atoms with Crippen molar-refractivity contribution >= 4 is 38.9 Å². The van der Waals surface area contributed by atoms with Gasteiger partial charge >= 0.3 is 0 Å². The van der Waals surface area contributed by atoms with Gasteiger partial charge < -0.3 is 14.4 Å². The number of nitrogens with zero attached hydrogens (tertiary/aromatic N) is 1. The van der Waals surface area contributed by atoms with E-state index in [2.05, 4.69) is 0 Å². The molecule has 1 heterocycles. The van der Waals surface area contributed by atoms with Crippen LogP contribution in [0, 0.1) is 0 Å². The number of rotatable bonds is 7. The van der Waals surface area contributed by atoms with E-state index >= 15 is 0 Å². The van der Waals surface area contributed by atoms with Crippen molar-refractivity contribution < 1.29 is 22.7 Å². The monoisotopic (exact) mass is 457 g/mol. The number of halogens is 2. The minimum absolute atomic E-state index is 0.0512. The van der Waals surface area contributed by atoms with E-state index < -0.39 is 15.9 Å². The fraction of sp³-hybridized carbons (Fsp3) is 0.350. The molecular weight excluding hydrogens is 437 g/mol. The first kappa shape index (κ1) is 21.7. The molecule has 0 aromatic heterocycles. The van der Waals surface area contributed by atoms with E-state index in [1.807, 2.05) is 18.2 Å². The molecular formula is C20H21Cl2NO5S. The molecule has 1 aliphatic heterocycles. The Hall–Kier alpha value is -1.96. The normalized spacial score (nSPS) is 17.7. The van der Waals surface area contributed by atoms with Crippen molar-refractivity contribution in [2.45, 2.75) is 19.0 Å². The van der Waals surface area contributed by atoms with E-state index in [9.17, 15) is 13.2 Å². The zero-order valence-corrected chi connectivity index (χ0v) is 18.1. The van der Waals surface area contributed by atoms with Crippen LogP contribution in [0.4, 0.5) is 0 Å². The predicted octanol–water partition coefficient (Wildman–Crippen LogP) is 3.60. The number of hydrogen-bond acceptors (Lipinski definition) is 5. The molecule has 1 fully saturated rings. The Kier molecular flexibility index (Phi) is 6.93. The summed E-state index contributed by atoms with van der Waals surface area (Å²) in [5.41, 5.74) is 0.839. The van der Waals surface area contributed by atoms with Crippen LogP contribution < -0.4 is 9.47 Å². The van der Waals surface area contributed by atoms with Crippen LogP contribution in [0.3, 0.4) is 0 Å². The lowest BCUT2D eigenvalue weighted by atomic mass is 10.1. The topological polar surface area (TPSA) is 72.9 Å². The maximum atomic E-state index is 13.0. The highest BCUT2D eigenvalue weighted by molar-refractivity contribution is 7.91. The minimum atomic E-state index is -3.15. The molecule has 0 radical (unpaired) electrons. The fourth-order valence-corrected chi connectivity index (χ4v) is 5.42. The molecule has 156 valence electrons. The van der Waals surface area contributed by atoms with Gasteiger partial charge in [-0.05, 0) is 42.3 Å². The average molecular weight is 458 g/mol. The standard InChI is InChI=1S/C20H21Cl2NO5S/c1-27-17-4-2-3-14(9-17)11-23(16-7-8-29(25,26)13-16)20(24)12-28-19-6-5-15(21)10-18(19)22/h2-6,9-10,16H,7-8,11-13H2,1H3/t16-/m1/s1. The van der Waals surface area contributed by atoms with Gasteiger partial charge in [-0.2, -0.15) is 0 Å². The van der Waals surface area contributed by atoms with Crippen molar-refractivity contribution in [3.05, 3.63) is 58.1 Å². The van der Waals surface area contributed by atoms with Crippen molar-refractivity contribution in [3.63, 3.8) is 0 Å². The van der Waals surface area contributed by atoms with Gasteiger partial charge in [0.1, 0.15) is 11.5 Å². The van der Waals surface area contributed by atoms with Gasteiger partial charge in [-0.15, -0.1) is 0 Å². The third-order valence-electron chi connectivity index (χ3n) is 4.70. The molecule has 2 aromatic carbocycles. The average Bonchev–Trinajstić information content (AvgIpc) is 3.04. The molecule has 2 aromatic rings. The predicted molar refractivity (Wildman–Crippen MR) is 113 cm³/mol. The molecule has 0 bridgehead atoms. The number of sulfone groups is 1. The van der Waals surface area contributed by atoms with Crippen LogP contribution in [0.15, 0.2) is 42.5 Å². The Bertz CT molecular complexity index is 996. The second-order valence-corrected chi connectivity index (χ2v) is 9.87. The van der Waals surface area contributed by atoms with Gasteiger partial charge in [0.05, 0.1) is 23.6 Å². The van der Waals surface area contributed by atoms with Gasteiger partial charge in [0, 0.05) is 17.6 Å². The third-order valence-corrected chi connectivity index (χ3v) is 6.98. The molecule has 29 heavy (non-hydrogen) atoms. The van der Waals surface area contributed by atoms with Crippen molar-refractivity contribution in [2.75, 3.05) is 25.2 Å². The van der Waals surface area contributed by atoms with E-state index in [4.69, 9.17) is 32.7 Å².